The normalized spacial score (nSPS) is 14.0. The van der Waals surface area contributed by atoms with Crippen LogP contribution in [0.2, 0.25) is 5.02 Å². The third kappa shape index (κ3) is 5.41. The van der Waals surface area contributed by atoms with Crippen LogP contribution in [-0.4, -0.2) is 23.4 Å². The van der Waals surface area contributed by atoms with E-state index in [1.807, 2.05) is 25.1 Å². The van der Waals surface area contributed by atoms with Crippen molar-refractivity contribution < 1.29 is 23.9 Å². The summed E-state index contributed by atoms with van der Waals surface area (Å²) in [5.74, 6) is 0.402. The van der Waals surface area contributed by atoms with E-state index in [1.54, 1.807) is 36.4 Å². The van der Waals surface area contributed by atoms with Crippen molar-refractivity contribution >= 4 is 35.2 Å². The van der Waals surface area contributed by atoms with E-state index in [4.69, 9.17) is 25.8 Å². The molecule has 34 heavy (non-hydrogen) atoms. The summed E-state index contributed by atoms with van der Waals surface area (Å²) < 4.78 is 16.8. The predicted molar refractivity (Wildman–Crippen MR) is 127 cm³/mol. The van der Waals surface area contributed by atoms with Gasteiger partial charge >= 0.3 is 5.97 Å². The van der Waals surface area contributed by atoms with Crippen LogP contribution >= 0.6 is 11.6 Å². The highest BCUT2D eigenvalue weighted by molar-refractivity contribution is 6.30. The molecule has 0 aromatic heterocycles. The van der Waals surface area contributed by atoms with E-state index in [2.05, 4.69) is 4.99 Å². The largest absolute Gasteiger partial charge is 0.490 e. The number of non-ortho nitro benzene ring substituents is 1. The van der Waals surface area contributed by atoms with Crippen LogP contribution in [0.5, 0.6) is 11.5 Å². The Balaban J connectivity index is 1.57. The SMILES string of the molecule is CCOc1cc(C=C2N=C(c3cccc([N+](=O)[O-])c3)OC2=O)ccc1OCc1cccc(Cl)c1. The zero-order valence-electron chi connectivity index (χ0n) is 18.1. The molecule has 0 spiro atoms. The summed E-state index contributed by atoms with van der Waals surface area (Å²) in [5.41, 5.74) is 1.85. The van der Waals surface area contributed by atoms with Crippen LogP contribution in [0.15, 0.2) is 77.4 Å². The monoisotopic (exact) mass is 478 g/mol. The topological polar surface area (TPSA) is 100 Å². The Morgan fingerprint density at radius 2 is 1.88 bits per heavy atom. The van der Waals surface area contributed by atoms with Gasteiger partial charge in [0.25, 0.3) is 5.69 Å². The van der Waals surface area contributed by atoms with Gasteiger partial charge in [0, 0.05) is 22.7 Å². The van der Waals surface area contributed by atoms with E-state index < -0.39 is 10.9 Å². The van der Waals surface area contributed by atoms with Gasteiger partial charge in [0.05, 0.1) is 11.5 Å². The fourth-order valence-corrected chi connectivity index (χ4v) is 3.45. The molecule has 0 fully saturated rings. The number of nitrogens with zero attached hydrogens (tertiary/aromatic N) is 2. The summed E-state index contributed by atoms with van der Waals surface area (Å²) >= 11 is 6.03. The van der Waals surface area contributed by atoms with Crippen molar-refractivity contribution in [2.24, 2.45) is 4.99 Å². The van der Waals surface area contributed by atoms with Crippen LogP contribution in [-0.2, 0) is 16.1 Å². The molecule has 0 saturated heterocycles. The molecule has 8 nitrogen and oxygen atoms in total. The first kappa shape index (κ1) is 23.0. The van der Waals surface area contributed by atoms with Crippen LogP contribution in [0.3, 0.4) is 0 Å². The Hall–Kier alpha value is -4.17. The van der Waals surface area contributed by atoms with Gasteiger partial charge in [0.2, 0.25) is 5.90 Å². The van der Waals surface area contributed by atoms with Crippen molar-refractivity contribution in [1.82, 2.24) is 0 Å². The molecule has 0 aliphatic carbocycles. The summed E-state index contributed by atoms with van der Waals surface area (Å²) in [6.45, 7) is 2.59. The highest BCUT2D eigenvalue weighted by Gasteiger charge is 2.25. The second-order valence-corrected chi connectivity index (χ2v) is 7.64. The lowest BCUT2D eigenvalue weighted by atomic mass is 10.1. The van der Waals surface area contributed by atoms with E-state index in [1.165, 1.54) is 18.2 Å². The number of cyclic esters (lactones) is 1. The molecule has 4 rings (SSSR count). The van der Waals surface area contributed by atoms with Gasteiger partial charge in [-0.25, -0.2) is 9.79 Å². The van der Waals surface area contributed by atoms with Crippen LogP contribution in [0.4, 0.5) is 5.69 Å². The first-order valence-electron chi connectivity index (χ1n) is 10.3. The number of hydrogen-bond acceptors (Lipinski definition) is 7. The van der Waals surface area contributed by atoms with Gasteiger partial charge in [-0.15, -0.1) is 0 Å². The second kappa shape index (κ2) is 10.2. The fraction of sp³-hybridized carbons (Fsp3) is 0.120. The first-order chi connectivity index (χ1) is 16.4. The molecule has 1 aliphatic heterocycles. The Labute approximate surface area is 200 Å². The average molecular weight is 479 g/mol. The lowest BCUT2D eigenvalue weighted by Gasteiger charge is -2.13. The Morgan fingerprint density at radius 3 is 2.65 bits per heavy atom. The maximum atomic E-state index is 12.3. The Kier molecular flexibility index (Phi) is 6.89. The fourth-order valence-electron chi connectivity index (χ4n) is 3.23. The minimum absolute atomic E-state index is 0.00598. The van der Waals surface area contributed by atoms with Gasteiger partial charge in [-0.3, -0.25) is 10.1 Å². The minimum atomic E-state index is -0.652. The molecule has 0 N–H and O–H groups in total. The number of ether oxygens (including phenoxy) is 3. The number of hydrogen-bond donors (Lipinski definition) is 0. The summed E-state index contributed by atoms with van der Waals surface area (Å²) in [6.07, 6.45) is 1.55. The Bertz CT molecular complexity index is 1320. The molecule has 0 unspecified atom stereocenters. The van der Waals surface area contributed by atoms with Gasteiger partial charge in [-0.1, -0.05) is 35.9 Å². The minimum Gasteiger partial charge on any atom is -0.490 e. The van der Waals surface area contributed by atoms with E-state index in [-0.39, 0.29) is 17.3 Å². The number of nitro groups is 1. The Morgan fingerprint density at radius 1 is 1.06 bits per heavy atom. The van der Waals surface area contributed by atoms with Crippen molar-refractivity contribution in [3.63, 3.8) is 0 Å². The smallest absolute Gasteiger partial charge is 0.363 e. The summed E-state index contributed by atoms with van der Waals surface area (Å²) in [4.78, 5) is 27.0. The molecule has 9 heteroatoms. The maximum absolute atomic E-state index is 12.3. The predicted octanol–water partition coefficient (Wildman–Crippen LogP) is 5.57. The van der Waals surface area contributed by atoms with E-state index in [0.29, 0.717) is 40.9 Å². The number of esters is 1. The van der Waals surface area contributed by atoms with Crippen molar-refractivity contribution in [2.75, 3.05) is 6.61 Å². The molecule has 0 bridgehead atoms. The molecular formula is C25H19ClN2O6. The van der Waals surface area contributed by atoms with E-state index in [9.17, 15) is 14.9 Å². The molecule has 0 atom stereocenters. The molecular weight excluding hydrogens is 460 g/mol. The number of benzene rings is 3. The van der Waals surface area contributed by atoms with Crippen LogP contribution < -0.4 is 9.47 Å². The van der Waals surface area contributed by atoms with Crippen molar-refractivity contribution in [1.29, 1.82) is 0 Å². The lowest BCUT2D eigenvalue weighted by molar-refractivity contribution is -0.384. The first-order valence-corrected chi connectivity index (χ1v) is 10.7. The van der Waals surface area contributed by atoms with Crippen LogP contribution in [0.1, 0.15) is 23.6 Å². The highest BCUT2D eigenvalue weighted by atomic mass is 35.5. The zero-order valence-corrected chi connectivity index (χ0v) is 18.8. The molecule has 172 valence electrons. The number of nitro benzene ring substituents is 1. The lowest BCUT2D eigenvalue weighted by Crippen LogP contribution is -2.05. The quantitative estimate of drug-likeness (QED) is 0.181. The van der Waals surface area contributed by atoms with Gasteiger partial charge in [-0.2, -0.15) is 0 Å². The van der Waals surface area contributed by atoms with E-state index in [0.717, 1.165) is 5.56 Å². The highest BCUT2D eigenvalue weighted by Crippen LogP contribution is 2.31. The molecule has 0 saturated carbocycles. The number of halogens is 1. The van der Waals surface area contributed by atoms with Gasteiger partial charge in [0.15, 0.2) is 17.2 Å². The van der Waals surface area contributed by atoms with Crippen molar-refractivity contribution in [3.8, 4) is 11.5 Å². The number of aliphatic imine (C=N–C) groups is 1. The maximum Gasteiger partial charge on any atom is 0.363 e. The zero-order chi connectivity index (χ0) is 24.1. The molecule has 0 radical (unpaired) electrons. The van der Waals surface area contributed by atoms with Gasteiger partial charge in [0.1, 0.15) is 6.61 Å². The molecule has 0 amide bonds. The number of carbonyl (C=O) groups is 1. The van der Waals surface area contributed by atoms with Crippen molar-refractivity contribution in [2.45, 2.75) is 13.5 Å². The standard InChI is InChI=1S/C25H19ClN2O6/c1-2-32-23-13-16(9-10-22(23)33-15-17-5-3-7-19(26)11-17)12-21-25(29)34-24(27-21)18-6-4-8-20(14-18)28(30)31/h3-14H,2,15H2,1H3. The van der Waals surface area contributed by atoms with Crippen molar-refractivity contribution in [3.05, 3.63) is 104 Å². The van der Waals surface area contributed by atoms with Gasteiger partial charge in [-0.05, 0) is 54.5 Å². The molecule has 1 heterocycles. The average Bonchev–Trinajstić information content (AvgIpc) is 3.19. The molecule has 1 aliphatic rings. The van der Waals surface area contributed by atoms with Gasteiger partial charge < -0.3 is 14.2 Å². The van der Waals surface area contributed by atoms with Crippen LogP contribution in [0, 0.1) is 10.1 Å². The number of carbonyl (C=O) groups excluding carboxylic acids is 1. The number of rotatable bonds is 8. The third-order valence-electron chi connectivity index (χ3n) is 4.78. The van der Waals surface area contributed by atoms with Crippen LogP contribution in [0.25, 0.3) is 6.08 Å². The molecule has 3 aromatic carbocycles. The summed E-state index contributed by atoms with van der Waals surface area (Å²) in [5, 5.41) is 11.6. The summed E-state index contributed by atoms with van der Waals surface area (Å²) in [6, 6.07) is 18.3. The third-order valence-corrected chi connectivity index (χ3v) is 5.01. The van der Waals surface area contributed by atoms with E-state index >= 15 is 0 Å². The second-order valence-electron chi connectivity index (χ2n) is 7.20. The molecule has 3 aromatic rings. The summed E-state index contributed by atoms with van der Waals surface area (Å²) in [7, 11) is 0.